The molecular formula is C24H33N9O2. The summed E-state index contributed by atoms with van der Waals surface area (Å²) in [5.41, 5.74) is 19.2. The monoisotopic (exact) mass is 479 g/mol. The van der Waals surface area contributed by atoms with Gasteiger partial charge >= 0.3 is 0 Å². The molecule has 3 heterocycles. The minimum absolute atomic E-state index is 0.156. The number of nitrogens with zero attached hydrogens (tertiary/aromatic N) is 4. The van der Waals surface area contributed by atoms with Gasteiger partial charge in [0.25, 0.3) is 5.91 Å². The number of aromatic nitrogens is 2. The van der Waals surface area contributed by atoms with Gasteiger partial charge in [0.05, 0.1) is 36.6 Å². The van der Waals surface area contributed by atoms with E-state index in [1.54, 1.807) is 31.0 Å². The molecule has 11 nitrogen and oxygen atoms in total. The molecule has 11 heteroatoms. The highest BCUT2D eigenvalue weighted by Gasteiger charge is 2.33. The van der Waals surface area contributed by atoms with Crippen LogP contribution in [0.1, 0.15) is 48.0 Å². The molecule has 2 aliphatic heterocycles. The molecule has 5 N–H and O–H groups in total. The SMILES string of the molecule is CNC(=O)c1ccc(NN2C=C3NNC(c4cnn(C)c4)=C3N(NC3CCCCC3)C2)c(OC)c1. The molecule has 0 saturated heterocycles. The topological polar surface area (TPSA) is 111 Å². The predicted octanol–water partition coefficient (Wildman–Crippen LogP) is 1.85. The first kappa shape index (κ1) is 22.9. The van der Waals surface area contributed by atoms with E-state index >= 15 is 0 Å². The third-order valence-electron chi connectivity index (χ3n) is 6.55. The van der Waals surface area contributed by atoms with E-state index < -0.39 is 0 Å². The molecule has 1 amide bonds. The summed E-state index contributed by atoms with van der Waals surface area (Å²) >= 11 is 0. The Morgan fingerprint density at radius 1 is 1.20 bits per heavy atom. The molecule has 1 aliphatic carbocycles. The van der Waals surface area contributed by atoms with Crippen LogP contribution in [-0.2, 0) is 7.05 Å². The Labute approximate surface area is 205 Å². The molecule has 0 atom stereocenters. The van der Waals surface area contributed by atoms with E-state index in [0.717, 1.165) is 41.2 Å². The first-order chi connectivity index (χ1) is 17.1. The summed E-state index contributed by atoms with van der Waals surface area (Å²) < 4.78 is 7.37. The summed E-state index contributed by atoms with van der Waals surface area (Å²) in [7, 11) is 5.13. The van der Waals surface area contributed by atoms with Crippen LogP contribution in [0.3, 0.4) is 0 Å². The molecule has 35 heavy (non-hydrogen) atoms. The molecule has 5 rings (SSSR count). The Morgan fingerprint density at radius 3 is 2.74 bits per heavy atom. The van der Waals surface area contributed by atoms with Crippen LogP contribution in [0.15, 0.2) is 48.2 Å². The number of hydrogen-bond acceptors (Lipinski definition) is 9. The summed E-state index contributed by atoms with van der Waals surface area (Å²) in [4.78, 5) is 12.0. The van der Waals surface area contributed by atoms with E-state index in [4.69, 9.17) is 4.74 Å². The molecule has 0 radical (unpaired) electrons. The van der Waals surface area contributed by atoms with E-state index in [0.29, 0.717) is 24.0 Å². The number of rotatable bonds is 7. The van der Waals surface area contributed by atoms with Crippen molar-refractivity contribution in [3.8, 4) is 5.75 Å². The molecule has 1 saturated carbocycles. The van der Waals surface area contributed by atoms with Gasteiger partial charge < -0.3 is 10.1 Å². The minimum atomic E-state index is -0.156. The minimum Gasteiger partial charge on any atom is -0.494 e. The lowest BCUT2D eigenvalue weighted by molar-refractivity contribution is 0.0962. The number of hydrazine groups is 3. The van der Waals surface area contributed by atoms with E-state index in [1.807, 2.05) is 36.7 Å². The van der Waals surface area contributed by atoms with Crippen molar-refractivity contribution in [2.75, 3.05) is 26.3 Å². The highest BCUT2D eigenvalue weighted by molar-refractivity contribution is 5.95. The van der Waals surface area contributed by atoms with Gasteiger partial charge in [0, 0.05) is 37.5 Å². The quantitative estimate of drug-likeness (QED) is 0.406. The zero-order valence-electron chi connectivity index (χ0n) is 20.4. The Morgan fingerprint density at radius 2 is 2.03 bits per heavy atom. The van der Waals surface area contributed by atoms with Gasteiger partial charge in [-0.3, -0.25) is 35.8 Å². The molecule has 2 aromatic rings. The number of fused-ring (bicyclic) bond motifs is 1. The van der Waals surface area contributed by atoms with Gasteiger partial charge in [-0.25, -0.2) is 5.43 Å². The second kappa shape index (κ2) is 9.79. The number of amides is 1. The number of carbonyl (C=O) groups excluding carboxylic acids is 1. The summed E-state index contributed by atoms with van der Waals surface area (Å²) in [6.07, 6.45) is 12.0. The standard InChI is InChI=1S/C24H33N9O2/c1-25-24(34)16-9-10-19(21(11-16)35-3)30-32-14-20-23(22(28-27-20)17-12-26-31(2)13-17)33(15-32)29-18-7-5-4-6-8-18/h9-14,18,27-30H,4-8,15H2,1-3H3,(H,25,34). The molecule has 1 aromatic heterocycles. The van der Waals surface area contributed by atoms with Crippen LogP contribution in [-0.4, -0.2) is 52.6 Å². The smallest absolute Gasteiger partial charge is 0.251 e. The van der Waals surface area contributed by atoms with Crippen molar-refractivity contribution < 1.29 is 9.53 Å². The number of methoxy groups -OCH3 is 1. The maximum Gasteiger partial charge on any atom is 0.251 e. The summed E-state index contributed by atoms with van der Waals surface area (Å²) in [5.74, 6) is 0.433. The second-order valence-electron chi connectivity index (χ2n) is 9.03. The summed E-state index contributed by atoms with van der Waals surface area (Å²) in [6.45, 7) is 0.558. The highest BCUT2D eigenvalue weighted by atomic mass is 16.5. The largest absolute Gasteiger partial charge is 0.494 e. The lowest BCUT2D eigenvalue weighted by Gasteiger charge is -2.40. The molecule has 1 aromatic carbocycles. The van der Waals surface area contributed by atoms with Gasteiger partial charge in [0.15, 0.2) is 0 Å². The van der Waals surface area contributed by atoms with Crippen molar-refractivity contribution in [3.63, 3.8) is 0 Å². The number of nitrogens with one attached hydrogen (secondary N) is 5. The Balaban J connectivity index is 1.44. The van der Waals surface area contributed by atoms with Crippen molar-refractivity contribution in [3.05, 3.63) is 59.3 Å². The van der Waals surface area contributed by atoms with E-state index in [2.05, 4.69) is 37.1 Å². The Hall–Kier alpha value is -3.86. The first-order valence-electron chi connectivity index (χ1n) is 12.0. The zero-order valence-corrected chi connectivity index (χ0v) is 20.4. The molecular weight excluding hydrogens is 446 g/mol. The van der Waals surface area contributed by atoms with Crippen LogP contribution < -0.4 is 31.8 Å². The van der Waals surface area contributed by atoms with Crippen molar-refractivity contribution in [2.24, 2.45) is 7.05 Å². The molecule has 0 bridgehead atoms. The number of hydrogen-bond donors (Lipinski definition) is 5. The average molecular weight is 480 g/mol. The lowest BCUT2D eigenvalue weighted by Crippen LogP contribution is -2.52. The number of ether oxygens (including phenoxy) is 1. The number of carbonyl (C=O) groups is 1. The Bertz CT molecular complexity index is 1150. The van der Waals surface area contributed by atoms with Crippen LogP contribution in [0.2, 0.25) is 0 Å². The second-order valence-corrected chi connectivity index (χ2v) is 9.03. The van der Waals surface area contributed by atoms with Crippen LogP contribution in [0.25, 0.3) is 5.70 Å². The molecule has 186 valence electrons. The lowest BCUT2D eigenvalue weighted by atomic mass is 9.96. The van der Waals surface area contributed by atoms with Crippen LogP contribution >= 0.6 is 0 Å². The van der Waals surface area contributed by atoms with Gasteiger partial charge in [-0.15, -0.1) is 0 Å². The molecule has 1 fully saturated rings. The fourth-order valence-electron chi connectivity index (χ4n) is 4.78. The van der Waals surface area contributed by atoms with Crippen molar-refractivity contribution in [1.29, 1.82) is 0 Å². The fraction of sp³-hybridized carbons (Fsp3) is 0.417. The van der Waals surface area contributed by atoms with E-state index in [1.165, 1.54) is 19.3 Å². The maximum atomic E-state index is 12.0. The molecule has 3 aliphatic rings. The van der Waals surface area contributed by atoms with Gasteiger partial charge in [-0.2, -0.15) is 5.10 Å². The predicted molar refractivity (Wildman–Crippen MR) is 133 cm³/mol. The van der Waals surface area contributed by atoms with Crippen LogP contribution in [0, 0.1) is 0 Å². The van der Waals surface area contributed by atoms with Gasteiger partial charge in [-0.05, 0) is 31.0 Å². The van der Waals surface area contributed by atoms with E-state index in [9.17, 15) is 4.79 Å². The van der Waals surface area contributed by atoms with Crippen LogP contribution in [0.4, 0.5) is 5.69 Å². The number of aryl methyl sites for hydroxylation is 1. The normalized spacial score (nSPS) is 18.0. The van der Waals surface area contributed by atoms with Crippen molar-refractivity contribution in [2.45, 2.75) is 38.1 Å². The number of benzene rings is 1. The highest BCUT2D eigenvalue weighted by Crippen LogP contribution is 2.32. The maximum absolute atomic E-state index is 12.0. The average Bonchev–Trinajstić information content (AvgIpc) is 3.50. The van der Waals surface area contributed by atoms with Gasteiger partial charge in [-0.1, -0.05) is 19.3 Å². The summed E-state index contributed by atoms with van der Waals surface area (Å²) in [5, 5.41) is 11.2. The third-order valence-corrected chi connectivity index (χ3v) is 6.55. The summed E-state index contributed by atoms with van der Waals surface area (Å²) in [6, 6.07) is 5.79. The number of anilines is 1. The first-order valence-corrected chi connectivity index (χ1v) is 12.0. The van der Waals surface area contributed by atoms with E-state index in [-0.39, 0.29) is 5.91 Å². The van der Waals surface area contributed by atoms with Gasteiger partial charge in [0.1, 0.15) is 18.1 Å². The fourth-order valence-corrected chi connectivity index (χ4v) is 4.78. The third kappa shape index (κ3) is 4.72. The Kier molecular flexibility index (Phi) is 6.41. The molecule has 0 unspecified atom stereocenters. The van der Waals surface area contributed by atoms with Crippen LogP contribution in [0.5, 0.6) is 5.75 Å². The van der Waals surface area contributed by atoms with Crippen molar-refractivity contribution >= 4 is 17.3 Å². The zero-order chi connectivity index (χ0) is 24.4. The van der Waals surface area contributed by atoms with Gasteiger partial charge in [0.2, 0.25) is 0 Å². The van der Waals surface area contributed by atoms with Crippen molar-refractivity contribution in [1.82, 2.24) is 41.4 Å². The molecule has 0 spiro atoms.